The van der Waals surface area contributed by atoms with Crippen molar-refractivity contribution in [2.24, 2.45) is 5.73 Å². The van der Waals surface area contributed by atoms with Gasteiger partial charge in [0.2, 0.25) is 0 Å². The van der Waals surface area contributed by atoms with Gasteiger partial charge in [0.25, 0.3) is 0 Å². The second-order valence-electron chi connectivity index (χ2n) is 4.58. The van der Waals surface area contributed by atoms with Crippen LogP contribution in [0.1, 0.15) is 28.3 Å². The van der Waals surface area contributed by atoms with Gasteiger partial charge >= 0.3 is 0 Å². The summed E-state index contributed by atoms with van der Waals surface area (Å²) in [5.74, 6) is -0.292. The van der Waals surface area contributed by atoms with Crippen LogP contribution < -0.4 is 5.73 Å². The molecule has 0 aliphatic carbocycles. The molecule has 0 amide bonds. The Morgan fingerprint density at radius 1 is 1.05 bits per heavy atom. The van der Waals surface area contributed by atoms with Crippen molar-refractivity contribution in [2.75, 3.05) is 0 Å². The van der Waals surface area contributed by atoms with Crippen LogP contribution in [0, 0.1) is 19.7 Å². The van der Waals surface area contributed by atoms with Crippen molar-refractivity contribution in [1.29, 1.82) is 0 Å². The van der Waals surface area contributed by atoms with Crippen LogP contribution in [-0.4, -0.2) is 0 Å². The van der Waals surface area contributed by atoms with Gasteiger partial charge < -0.3 is 5.73 Å². The second-order valence-corrected chi connectivity index (χ2v) is 6.23. The smallest absolute Gasteiger partial charge is 0.137 e. The van der Waals surface area contributed by atoms with E-state index in [1.165, 1.54) is 6.07 Å². The van der Waals surface area contributed by atoms with E-state index in [1.807, 2.05) is 32.0 Å². The summed E-state index contributed by atoms with van der Waals surface area (Å²) in [5, 5.41) is 0. The number of halogens is 3. The van der Waals surface area contributed by atoms with E-state index in [9.17, 15) is 4.39 Å². The monoisotopic (exact) mass is 385 g/mol. The Labute approximate surface area is 129 Å². The molecule has 0 heterocycles. The molecule has 0 saturated heterocycles. The number of rotatable bonds is 2. The van der Waals surface area contributed by atoms with Gasteiger partial charge in [-0.3, -0.25) is 0 Å². The summed E-state index contributed by atoms with van der Waals surface area (Å²) in [6.45, 7) is 4.02. The lowest BCUT2D eigenvalue weighted by atomic mass is 9.94. The van der Waals surface area contributed by atoms with E-state index >= 15 is 0 Å². The summed E-state index contributed by atoms with van der Waals surface area (Å²) in [6, 6.07) is 8.67. The zero-order valence-electron chi connectivity index (χ0n) is 10.7. The molecule has 0 fully saturated rings. The maximum absolute atomic E-state index is 13.6. The zero-order chi connectivity index (χ0) is 14.2. The van der Waals surface area contributed by atoms with E-state index in [0.29, 0.717) is 4.47 Å². The molecule has 0 bridgehead atoms. The van der Waals surface area contributed by atoms with Crippen LogP contribution in [0.5, 0.6) is 0 Å². The number of nitrogens with two attached hydrogens (primary N) is 1. The molecule has 1 nitrogen and oxygen atoms in total. The van der Waals surface area contributed by atoms with Crippen molar-refractivity contribution >= 4 is 31.9 Å². The molecule has 0 aliphatic heterocycles. The minimum atomic E-state index is -0.350. The zero-order valence-corrected chi connectivity index (χ0v) is 13.8. The molecule has 2 N–H and O–H groups in total. The van der Waals surface area contributed by atoms with Crippen molar-refractivity contribution in [2.45, 2.75) is 19.9 Å². The second kappa shape index (κ2) is 5.73. The molecule has 1 atom stereocenters. The first-order valence-corrected chi connectivity index (χ1v) is 7.46. The van der Waals surface area contributed by atoms with Crippen molar-refractivity contribution in [1.82, 2.24) is 0 Å². The molecule has 2 aromatic carbocycles. The quantitative estimate of drug-likeness (QED) is 0.770. The molecule has 0 saturated carbocycles. The highest BCUT2D eigenvalue weighted by Crippen LogP contribution is 2.32. The molecule has 19 heavy (non-hydrogen) atoms. The average molecular weight is 387 g/mol. The molecule has 4 heteroatoms. The molecule has 2 aromatic rings. The first-order chi connectivity index (χ1) is 8.91. The van der Waals surface area contributed by atoms with Gasteiger partial charge in [0, 0.05) is 4.47 Å². The lowest BCUT2D eigenvalue weighted by Gasteiger charge is -2.18. The molecule has 0 aliphatic rings. The van der Waals surface area contributed by atoms with E-state index in [-0.39, 0.29) is 11.9 Å². The van der Waals surface area contributed by atoms with Crippen LogP contribution in [0.3, 0.4) is 0 Å². The highest BCUT2D eigenvalue weighted by atomic mass is 79.9. The van der Waals surface area contributed by atoms with Gasteiger partial charge in [-0.1, -0.05) is 34.1 Å². The highest BCUT2D eigenvalue weighted by molar-refractivity contribution is 9.10. The predicted molar refractivity (Wildman–Crippen MR) is 83.7 cm³/mol. The predicted octanol–water partition coefficient (Wildman–Crippen LogP) is 5.02. The normalized spacial score (nSPS) is 12.5. The summed E-state index contributed by atoms with van der Waals surface area (Å²) >= 11 is 6.77. The summed E-state index contributed by atoms with van der Waals surface area (Å²) in [5.41, 5.74) is 10.3. The van der Waals surface area contributed by atoms with Gasteiger partial charge in [-0.05, 0) is 64.2 Å². The highest BCUT2D eigenvalue weighted by Gasteiger charge is 2.17. The number of benzene rings is 2. The van der Waals surface area contributed by atoms with Gasteiger partial charge in [0.05, 0.1) is 10.5 Å². The van der Waals surface area contributed by atoms with Crippen LogP contribution in [0.4, 0.5) is 4.39 Å². The van der Waals surface area contributed by atoms with E-state index < -0.39 is 0 Å². The number of hydrogen-bond acceptors (Lipinski definition) is 1. The Hall–Kier alpha value is -0.710. The molecule has 100 valence electrons. The molecule has 0 aromatic heterocycles. The third-order valence-corrected chi connectivity index (χ3v) is 4.89. The van der Waals surface area contributed by atoms with Crippen LogP contribution in [0.25, 0.3) is 0 Å². The summed E-state index contributed by atoms with van der Waals surface area (Å²) in [4.78, 5) is 0. The van der Waals surface area contributed by atoms with Crippen LogP contribution in [-0.2, 0) is 0 Å². The third-order valence-electron chi connectivity index (χ3n) is 3.20. The van der Waals surface area contributed by atoms with Gasteiger partial charge in [-0.2, -0.15) is 0 Å². The Bertz CT molecular complexity index is 626. The topological polar surface area (TPSA) is 26.0 Å². The minimum Gasteiger partial charge on any atom is -0.320 e. The summed E-state index contributed by atoms with van der Waals surface area (Å²) in [7, 11) is 0. The maximum atomic E-state index is 13.6. The standard InChI is InChI=1S/C15H14Br2FN/c1-8-7-12(16)9(2)6-11(8)15(19)10-4-3-5-13(18)14(10)17/h3-7,15H,19H2,1-2H3. The fraction of sp³-hybridized carbons (Fsp3) is 0.200. The van der Waals surface area contributed by atoms with Gasteiger partial charge in [-0.15, -0.1) is 0 Å². The van der Waals surface area contributed by atoms with E-state index in [2.05, 4.69) is 31.9 Å². The Kier molecular flexibility index (Phi) is 4.43. The van der Waals surface area contributed by atoms with E-state index in [0.717, 1.165) is 26.7 Å². The van der Waals surface area contributed by atoms with Gasteiger partial charge in [-0.25, -0.2) is 4.39 Å². The average Bonchev–Trinajstić information content (AvgIpc) is 2.36. The van der Waals surface area contributed by atoms with Crippen molar-refractivity contribution in [3.05, 3.63) is 67.3 Å². The Morgan fingerprint density at radius 3 is 2.42 bits per heavy atom. The van der Waals surface area contributed by atoms with Crippen molar-refractivity contribution in [3.8, 4) is 0 Å². The summed E-state index contributed by atoms with van der Waals surface area (Å²) < 4.78 is 15.1. The maximum Gasteiger partial charge on any atom is 0.137 e. The lowest BCUT2D eigenvalue weighted by Crippen LogP contribution is -2.14. The molecular weight excluding hydrogens is 373 g/mol. The molecule has 2 rings (SSSR count). The Balaban J connectivity index is 2.53. The van der Waals surface area contributed by atoms with Crippen molar-refractivity contribution < 1.29 is 4.39 Å². The molecular formula is C15H14Br2FN. The van der Waals surface area contributed by atoms with Gasteiger partial charge in [0.1, 0.15) is 5.82 Å². The number of hydrogen-bond donors (Lipinski definition) is 1. The van der Waals surface area contributed by atoms with Crippen LogP contribution in [0.2, 0.25) is 0 Å². The first-order valence-electron chi connectivity index (χ1n) is 5.88. The fourth-order valence-corrected chi connectivity index (χ4v) is 3.04. The molecule has 0 spiro atoms. The fourth-order valence-electron chi connectivity index (χ4n) is 2.07. The van der Waals surface area contributed by atoms with Gasteiger partial charge in [0.15, 0.2) is 0 Å². The Morgan fingerprint density at radius 2 is 1.74 bits per heavy atom. The summed E-state index contributed by atoms with van der Waals surface area (Å²) in [6.07, 6.45) is 0. The van der Waals surface area contributed by atoms with Crippen LogP contribution in [0.15, 0.2) is 39.3 Å². The SMILES string of the molecule is Cc1cc(C(N)c2cccc(F)c2Br)c(C)cc1Br. The molecule has 0 radical (unpaired) electrons. The minimum absolute atomic E-state index is 0.292. The van der Waals surface area contributed by atoms with E-state index in [1.54, 1.807) is 6.07 Å². The number of aryl methyl sites for hydroxylation is 2. The van der Waals surface area contributed by atoms with E-state index in [4.69, 9.17) is 5.73 Å². The van der Waals surface area contributed by atoms with Crippen LogP contribution >= 0.6 is 31.9 Å². The van der Waals surface area contributed by atoms with Crippen molar-refractivity contribution in [3.63, 3.8) is 0 Å². The third kappa shape index (κ3) is 2.91. The largest absolute Gasteiger partial charge is 0.320 e. The lowest BCUT2D eigenvalue weighted by molar-refractivity contribution is 0.616. The molecule has 1 unspecified atom stereocenters. The first kappa shape index (κ1) is 14.7.